The lowest BCUT2D eigenvalue weighted by Crippen LogP contribution is -2.06. The van der Waals surface area contributed by atoms with Gasteiger partial charge in [0.15, 0.2) is 0 Å². The summed E-state index contributed by atoms with van der Waals surface area (Å²) in [5.74, 6) is 0.989. The minimum Gasteiger partial charge on any atom is -0.326 e. The third-order valence-electron chi connectivity index (χ3n) is 2.72. The Morgan fingerprint density at radius 3 is 2.69 bits per heavy atom. The maximum Gasteiger partial charge on any atom is 0.137 e. The van der Waals surface area contributed by atoms with Crippen molar-refractivity contribution in [3.63, 3.8) is 0 Å². The molecule has 0 aliphatic heterocycles. The van der Waals surface area contributed by atoms with Gasteiger partial charge in [-0.15, -0.1) is 10.2 Å². The van der Waals surface area contributed by atoms with Crippen molar-refractivity contribution >= 4 is 0 Å². The number of rotatable bonds is 4. The van der Waals surface area contributed by atoms with Gasteiger partial charge in [0, 0.05) is 19.5 Å². The number of nitrogens with two attached hydrogens (primary N) is 1. The molecule has 16 heavy (non-hydrogen) atoms. The molecule has 0 saturated heterocycles. The SMILES string of the molecule is CCn1cnnc1Cc1ccccc1CN. The van der Waals surface area contributed by atoms with Crippen LogP contribution in [0.3, 0.4) is 0 Å². The Kier molecular flexibility index (Phi) is 3.31. The first kappa shape index (κ1) is 10.8. The Bertz CT molecular complexity index is 462. The standard InChI is InChI=1S/C12H16N4/c1-2-16-9-14-15-12(16)7-10-5-3-4-6-11(10)8-13/h3-6,9H,2,7-8,13H2,1H3. The van der Waals surface area contributed by atoms with Crippen molar-refractivity contribution in [3.05, 3.63) is 47.5 Å². The molecule has 2 aromatic rings. The van der Waals surface area contributed by atoms with E-state index in [9.17, 15) is 0 Å². The van der Waals surface area contributed by atoms with Gasteiger partial charge in [-0.3, -0.25) is 0 Å². The molecular weight excluding hydrogens is 200 g/mol. The predicted molar refractivity (Wildman–Crippen MR) is 62.8 cm³/mol. The first-order chi connectivity index (χ1) is 7.85. The van der Waals surface area contributed by atoms with Crippen LogP contribution in [0.2, 0.25) is 0 Å². The molecule has 0 amide bonds. The van der Waals surface area contributed by atoms with Gasteiger partial charge < -0.3 is 10.3 Å². The van der Waals surface area contributed by atoms with E-state index in [0.717, 1.165) is 18.8 Å². The normalized spacial score (nSPS) is 10.6. The molecule has 0 aliphatic rings. The number of nitrogens with zero attached hydrogens (tertiary/aromatic N) is 3. The second kappa shape index (κ2) is 4.90. The lowest BCUT2D eigenvalue weighted by molar-refractivity contribution is 0.710. The van der Waals surface area contributed by atoms with E-state index in [1.54, 1.807) is 6.33 Å². The van der Waals surface area contributed by atoms with Gasteiger partial charge in [0.05, 0.1) is 0 Å². The molecule has 2 rings (SSSR count). The van der Waals surface area contributed by atoms with Gasteiger partial charge in [-0.25, -0.2) is 0 Å². The molecule has 84 valence electrons. The van der Waals surface area contributed by atoms with E-state index in [4.69, 9.17) is 5.73 Å². The number of hydrogen-bond donors (Lipinski definition) is 1. The van der Waals surface area contributed by atoms with Crippen molar-refractivity contribution < 1.29 is 0 Å². The van der Waals surface area contributed by atoms with Gasteiger partial charge in [0.1, 0.15) is 12.2 Å². The summed E-state index contributed by atoms with van der Waals surface area (Å²) >= 11 is 0. The second-order valence-corrected chi connectivity index (χ2v) is 3.68. The highest BCUT2D eigenvalue weighted by Gasteiger charge is 2.06. The molecule has 4 heteroatoms. The van der Waals surface area contributed by atoms with Gasteiger partial charge in [0.2, 0.25) is 0 Å². The summed E-state index contributed by atoms with van der Waals surface area (Å²) in [4.78, 5) is 0. The molecule has 4 nitrogen and oxygen atoms in total. The van der Waals surface area contributed by atoms with E-state index < -0.39 is 0 Å². The lowest BCUT2D eigenvalue weighted by Gasteiger charge is -2.07. The van der Waals surface area contributed by atoms with Crippen molar-refractivity contribution in [2.75, 3.05) is 0 Å². The Hall–Kier alpha value is -1.68. The number of aryl methyl sites for hydroxylation is 1. The molecule has 1 aromatic carbocycles. The molecule has 0 bridgehead atoms. The molecule has 0 aliphatic carbocycles. The van der Waals surface area contributed by atoms with Crippen LogP contribution < -0.4 is 5.73 Å². The van der Waals surface area contributed by atoms with Gasteiger partial charge in [0.25, 0.3) is 0 Å². The van der Waals surface area contributed by atoms with Crippen LogP contribution in [0.5, 0.6) is 0 Å². The molecule has 0 spiro atoms. The first-order valence-electron chi connectivity index (χ1n) is 5.48. The highest BCUT2D eigenvalue weighted by Crippen LogP contribution is 2.12. The second-order valence-electron chi connectivity index (χ2n) is 3.68. The zero-order valence-electron chi connectivity index (χ0n) is 9.43. The summed E-state index contributed by atoms with van der Waals surface area (Å²) in [6, 6.07) is 8.19. The van der Waals surface area contributed by atoms with Crippen molar-refractivity contribution in [1.29, 1.82) is 0 Å². The van der Waals surface area contributed by atoms with Crippen molar-refractivity contribution in [2.24, 2.45) is 5.73 Å². The zero-order valence-corrected chi connectivity index (χ0v) is 9.43. The lowest BCUT2D eigenvalue weighted by atomic mass is 10.0. The summed E-state index contributed by atoms with van der Waals surface area (Å²) in [6.07, 6.45) is 2.56. The fourth-order valence-corrected chi connectivity index (χ4v) is 1.78. The Labute approximate surface area is 95.1 Å². The van der Waals surface area contributed by atoms with E-state index in [1.165, 1.54) is 11.1 Å². The fraction of sp³-hybridized carbons (Fsp3) is 0.333. The van der Waals surface area contributed by atoms with Gasteiger partial charge >= 0.3 is 0 Å². The van der Waals surface area contributed by atoms with Crippen molar-refractivity contribution in [1.82, 2.24) is 14.8 Å². The average Bonchev–Trinajstić information content (AvgIpc) is 2.77. The number of hydrogen-bond acceptors (Lipinski definition) is 3. The average molecular weight is 216 g/mol. The Morgan fingerprint density at radius 1 is 1.25 bits per heavy atom. The summed E-state index contributed by atoms with van der Waals surface area (Å²) in [6.45, 7) is 3.55. The van der Waals surface area contributed by atoms with Crippen LogP contribution in [0.15, 0.2) is 30.6 Å². The molecule has 1 aromatic heterocycles. The summed E-state index contributed by atoms with van der Waals surface area (Å²) in [5.41, 5.74) is 8.11. The predicted octanol–water partition coefficient (Wildman–Crippen LogP) is 1.35. The van der Waals surface area contributed by atoms with Crippen LogP contribution in [0.4, 0.5) is 0 Å². The van der Waals surface area contributed by atoms with E-state index in [2.05, 4.69) is 29.3 Å². The van der Waals surface area contributed by atoms with Crippen LogP contribution in [0.25, 0.3) is 0 Å². The quantitative estimate of drug-likeness (QED) is 0.839. The fourth-order valence-electron chi connectivity index (χ4n) is 1.78. The van der Waals surface area contributed by atoms with Crippen molar-refractivity contribution in [3.8, 4) is 0 Å². The molecule has 1 heterocycles. The van der Waals surface area contributed by atoms with E-state index in [1.807, 2.05) is 16.7 Å². The van der Waals surface area contributed by atoms with Crippen LogP contribution in [-0.2, 0) is 19.5 Å². The van der Waals surface area contributed by atoms with E-state index >= 15 is 0 Å². The summed E-state index contributed by atoms with van der Waals surface area (Å²) in [7, 11) is 0. The largest absolute Gasteiger partial charge is 0.326 e. The highest BCUT2D eigenvalue weighted by molar-refractivity contribution is 5.29. The van der Waals surface area contributed by atoms with Gasteiger partial charge in [-0.05, 0) is 18.1 Å². The summed E-state index contributed by atoms with van der Waals surface area (Å²) < 4.78 is 2.05. The third-order valence-corrected chi connectivity index (χ3v) is 2.72. The topological polar surface area (TPSA) is 56.7 Å². The molecule has 0 unspecified atom stereocenters. The third kappa shape index (κ3) is 2.12. The maximum absolute atomic E-state index is 5.71. The molecule has 0 fully saturated rings. The van der Waals surface area contributed by atoms with Crippen LogP contribution in [0.1, 0.15) is 23.9 Å². The Balaban J connectivity index is 2.26. The Morgan fingerprint density at radius 2 is 2.00 bits per heavy atom. The maximum atomic E-state index is 5.71. The highest BCUT2D eigenvalue weighted by atomic mass is 15.3. The molecule has 0 radical (unpaired) electrons. The van der Waals surface area contributed by atoms with Crippen LogP contribution in [0, 0.1) is 0 Å². The summed E-state index contributed by atoms with van der Waals surface area (Å²) in [5, 5.41) is 8.06. The first-order valence-corrected chi connectivity index (χ1v) is 5.48. The number of aromatic nitrogens is 3. The minimum atomic E-state index is 0.566. The van der Waals surface area contributed by atoms with Crippen molar-refractivity contribution in [2.45, 2.75) is 26.4 Å². The minimum absolute atomic E-state index is 0.566. The molecule has 2 N–H and O–H groups in total. The number of benzene rings is 1. The van der Waals surface area contributed by atoms with E-state index in [0.29, 0.717) is 6.54 Å². The molecular formula is C12H16N4. The molecule has 0 saturated carbocycles. The van der Waals surface area contributed by atoms with Gasteiger partial charge in [-0.1, -0.05) is 24.3 Å². The van der Waals surface area contributed by atoms with Crippen LogP contribution in [-0.4, -0.2) is 14.8 Å². The zero-order chi connectivity index (χ0) is 11.4. The van der Waals surface area contributed by atoms with E-state index in [-0.39, 0.29) is 0 Å². The van der Waals surface area contributed by atoms with Gasteiger partial charge in [-0.2, -0.15) is 0 Å². The smallest absolute Gasteiger partial charge is 0.137 e. The monoisotopic (exact) mass is 216 g/mol. The van der Waals surface area contributed by atoms with Crippen LogP contribution >= 0.6 is 0 Å². The molecule has 0 atom stereocenters.